The van der Waals surface area contributed by atoms with Crippen LogP contribution in [0.3, 0.4) is 0 Å². The van der Waals surface area contributed by atoms with E-state index in [0.29, 0.717) is 31.8 Å². The molecule has 1 aliphatic rings. The zero-order valence-electron chi connectivity index (χ0n) is 18.1. The molecule has 1 amide bonds. The second-order valence-electron chi connectivity index (χ2n) is 7.13. The molecule has 0 bridgehead atoms. The first kappa shape index (κ1) is 24.1. The summed E-state index contributed by atoms with van der Waals surface area (Å²) in [6, 6.07) is 8.63. The van der Waals surface area contributed by atoms with E-state index in [1.54, 1.807) is 12.1 Å². The summed E-state index contributed by atoms with van der Waals surface area (Å²) >= 11 is 0. The van der Waals surface area contributed by atoms with E-state index in [1.165, 1.54) is 29.6 Å². The fourth-order valence-corrected chi connectivity index (χ4v) is 5.02. The van der Waals surface area contributed by atoms with Crippen molar-refractivity contribution in [3.05, 3.63) is 53.3 Å². The van der Waals surface area contributed by atoms with Crippen LogP contribution in [-0.4, -0.2) is 65.3 Å². The lowest BCUT2D eigenvalue weighted by molar-refractivity contribution is 0.0730. The average molecular weight is 467 g/mol. The molecule has 1 aliphatic heterocycles. The van der Waals surface area contributed by atoms with Crippen molar-refractivity contribution in [2.24, 2.45) is 0 Å². The standard InChI is InChI=1S/C22H27FN2O6S/c1-3-16-4-5-17(14-21(16)32(27,28)25-8-10-30-11-9-25)22(26)24-18-6-7-20(19(23)15-18)31-13-12-29-2/h4-7,14-15H,3,8-13H2,1-2H3,(H,24,26). The highest BCUT2D eigenvalue weighted by molar-refractivity contribution is 7.89. The summed E-state index contributed by atoms with van der Waals surface area (Å²) in [4.78, 5) is 12.9. The molecule has 0 spiro atoms. The topological polar surface area (TPSA) is 94.2 Å². The molecule has 1 N–H and O–H groups in total. The molecule has 1 fully saturated rings. The van der Waals surface area contributed by atoms with E-state index in [1.807, 2.05) is 6.92 Å². The largest absolute Gasteiger partial charge is 0.488 e. The maximum Gasteiger partial charge on any atom is 0.255 e. The Hall–Kier alpha value is -2.53. The maximum absolute atomic E-state index is 14.2. The Morgan fingerprint density at radius 2 is 1.91 bits per heavy atom. The van der Waals surface area contributed by atoms with E-state index in [-0.39, 0.29) is 41.6 Å². The summed E-state index contributed by atoms with van der Waals surface area (Å²) in [7, 11) is -2.25. The third-order valence-corrected chi connectivity index (χ3v) is 7.01. The van der Waals surface area contributed by atoms with Gasteiger partial charge in [0, 0.05) is 37.5 Å². The maximum atomic E-state index is 14.2. The molecular weight excluding hydrogens is 439 g/mol. The highest BCUT2D eigenvalue weighted by Crippen LogP contribution is 2.25. The highest BCUT2D eigenvalue weighted by atomic mass is 32.2. The average Bonchev–Trinajstić information content (AvgIpc) is 2.80. The van der Waals surface area contributed by atoms with Crippen LogP contribution in [0, 0.1) is 5.82 Å². The van der Waals surface area contributed by atoms with Gasteiger partial charge in [-0.3, -0.25) is 4.79 Å². The van der Waals surface area contributed by atoms with E-state index in [4.69, 9.17) is 14.2 Å². The van der Waals surface area contributed by atoms with Gasteiger partial charge in [0.25, 0.3) is 5.91 Å². The van der Waals surface area contributed by atoms with Gasteiger partial charge in [-0.25, -0.2) is 12.8 Å². The summed E-state index contributed by atoms with van der Waals surface area (Å²) < 4.78 is 57.3. The molecular formula is C22H27FN2O6S. The van der Waals surface area contributed by atoms with Crippen molar-refractivity contribution in [3.63, 3.8) is 0 Å². The minimum Gasteiger partial charge on any atom is -0.488 e. The fourth-order valence-electron chi connectivity index (χ4n) is 3.29. The number of ether oxygens (including phenoxy) is 3. The van der Waals surface area contributed by atoms with E-state index in [2.05, 4.69) is 5.32 Å². The van der Waals surface area contributed by atoms with E-state index in [9.17, 15) is 17.6 Å². The van der Waals surface area contributed by atoms with Gasteiger partial charge in [-0.05, 0) is 36.2 Å². The number of sulfonamides is 1. The summed E-state index contributed by atoms with van der Waals surface area (Å²) in [5.74, 6) is -1.12. The Bertz CT molecular complexity index is 1050. The number of hydrogen-bond donors (Lipinski definition) is 1. The van der Waals surface area contributed by atoms with Crippen molar-refractivity contribution >= 4 is 21.6 Å². The predicted molar refractivity (Wildman–Crippen MR) is 117 cm³/mol. The molecule has 2 aromatic rings. The molecule has 0 saturated carbocycles. The smallest absolute Gasteiger partial charge is 0.255 e. The monoisotopic (exact) mass is 466 g/mol. The van der Waals surface area contributed by atoms with Gasteiger partial charge >= 0.3 is 0 Å². The van der Waals surface area contributed by atoms with Gasteiger partial charge in [0.15, 0.2) is 11.6 Å². The van der Waals surface area contributed by atoms with Crippen LogP contribution >= 0.6 is 0 Å². The predicted octanol–water partition coefficient (Wildman–Crippen LogP) is 2.69. The number of carbonyl (C=O) groups is 1. The Labute approximate surface area is 187 Å². The quantitative estimate of drug-likeness (QED) is 0.571. The summed E-state index contributed by atoms with van der Waals surface area (Å²) in [6.07, 6.45) is 0.497. The number of morpholine rings is 1. The number of carbonyl (C=O) groups excluding carboxylic acids is 1. The molecule has 174 valence electrons. The van der Waals surface area contributed by atoms with Crippen LogP contribution in [-0.2, 0) is 25.9 Å². The van der Waals surface area contributed by atoms with Crippen molar-refractivity contribution in [2.45, 2.75) is 18.2 Å². The summed E-state index contributed by atoms with van der Waals surface area (Å²) in [5.41, 5.74) is 1.01. The van der Waals surface area contributed by atoms with Gasteiger partial charge in [0.05, 0.1) is 24.7 Å². The van der Waals surface area contributed by atoms with Gasteiger partial charge in [-0.2, -0.15) is 4.31 Å². The van der Waals surface area contributed by atoms with E-state index in [0.717, 1.165) is 6.07 Å². The molecule has 0 aliphatic carbocycles. The van der Waals surface area contributed by atoms with Crippen molar-refractivity contribution in [1.82, 2.24) is 4.31 Å². The molecule has 0 unspecified atom stereocenters. The number of hydrogen-bond acceptors (Lipinski definition) is 6. The molecule has 1 saturated heterocycles. The van der Waals surface area contributed by atoms with Crippen LogP contribution in [0.25, 0.3) is 0 Å². The lowest BCUT2D eigenvalue weighted by Crippen LogP contribution is -2.41. The molecule has 32 heavy (non-hydrogen) atoms. The summed E-state index contributed by atoms with van der Waals surface area (Å²) in [6.45, 7) is 3.56. The number of methoxy groups -OCH3 is 1. The van der Waals surface area contributed by atoms with Crippen LogP contribution in [0.15, 0.2) is 41.3 Å². The van der Waals surface area contributed by atoms with Crippen LogP contribution in [0.5, 0.6) is 5.75 Å². The molecule has 10 heteroatoms. The Balaban J connectivity index is 1.80. The number of aryl methyl sites for hydroxylation is 1. The normalized spacial score (nSPS) is 14.8. The lowest BCUT2D eigenvalue weighted by atomic mass is 10.1. The minimum absolute atomic E-state index is 0.0474. The van der Waals surface area contributed by atoms with E-state index >= 15 is 0 Å². The molecule has 0 aromatic heterocycles. The van der Waals surface area contributed by atoms with Crippen LogP contribution in [0.1, 0.15) is 22.8 Å². The van der Waals surface area contributed by atoms with Gasteiger partial charge in [0.1, 0.15) is 6.61 Å². The highest BCUT2D eigenvalue weighted by Gasteiger charge is 2.29. The molecule has 2 aromatic carbocycles. The Morgan fingerprint density at radius 3 is 2.56 bits per heavy atom. The fraction of sp³-hybridized carbons (Fsp3) is 0.409. The Kier molecular flexibility index (Phi) is 8.19. The van der Waals surface area contributed by atoms with Crippen LogP contribution < -0.4 is 10.1 Å². The van der Waals surface area contributed by atoms with Gasteiger partial charge in [-0.15, -0.1) is 0 Å². The van der Waals surface area contributed by atoms with Gasteiger partial charge < -0.3 is 19.5 Å². The first-order valence-corrected chi connectivity index (χ1v) is 11.7. The van der Waals surface area contributed by atoms with Crippen LogP contribution in [0.2, 0.25) is 0 Å². The number of amides is 1. The number of halogens is 1. The second kappa shape index (κ2) is 10.9. The SMILES string of the molecule is CCc1ccc(C(=O)Nc2ccc(OCCOC)c(F)c2)cc1S(=O)(=O)N1CCOCC1. The zero-order valence-corrected chi connectivity index (χ0v) is 18.9. The van der Waals surface area contributed by atoms with Crippen molar-refractivity contribution < 1.29 is 31.8 Å². The number of nitrogens with zero attached hydrogens (tertiary/aromatic N) is 1. The minimum atomic E-state index is -3.77. The number of nitrogens with one attached hydrogen (secondary N) is 1. The van der Waals surface area contributed by atoms with Crippen molar-refractivity contribution in [2.75, 3.05) is 51.9 Å². The molecule has 3 rings (SSSR count). The first-order valence-electron chi connectivity index (χ1n) is 10.3. The first-order chi connectivity index (χ1) is 15.4. The van der Waals surface area contributed by atoms with Gasteiger partial charge in [-0.1, -0.05) is 13.0 Å². The molecule has 8 nitrogen and oxygen atoms in total. The van der Waals surface area contributed by atoms with Crippen molar-refractivity contribution in [3.8, 4) is 5.75 Å². The zero-order chi connectivity index (χ0) is 23.1. The number of anilines is 1. The molecule has 0 atom stereocenters. The molecule has 1 heterocycles. The third kappa shape index (κ3) is 5.63. The van der Waals surface area contributed by atoms with Gasteiger partial charge in [0.2, 0.25) is 10.0 Å². The number of rotatable bonds is 9. The molecule has 0 radical (unpaired) electrons. The number of benzene rings is 2. The van der Waals surface area contributed by atoms with E-state index < -0.39 is 21.7 Å². The second-order valence-corrected chi connectivity index (χ2v) is 9.04. The van der Waals surface area contributed by atoms with Crippen LogP contribution in [0.4, 0.5) is 10.1 Å². The third-order valence-electron chi connectivity index (χ3n) is 5.03. The lowest BCUT2D eigenvalue weighted by Gasteiger charge is -2.27. The Morgan fingerprint density at radius 1 is 1.16 bits per heavy atom. The summed E-state index contributed by atoms with van der Waals surface area (Å²) in [5, 5.41) is 2.60. The van der Waals surface area contributed by atoms with Crippen molar-refractivity contribution in [1.29, 1.82) is 0 Å².